The van der Waals surface area contributed by atoms with Crippen molar-refractivity contribution in [3.8, 4) is 0 Å². The monoisotopic (exact) mass is 285 g/mol. The maximum atomic E-state index is 12.1. The van der Waals surface area contributed by atoms with Gasteiger partial charge in [0.05, 0.1) is 22.9 Å². The molecule has 2 aromatic heterocycles. The highest BCUT2D eigenvalue weighted by Crippen LogP contribution is 2.22. The van der Waals surface area contributed by atoms with Crippen LogP contribution in [0.3, 0.4) is 0 Å². The summed E-state index contributed by atoms with van der Waals surface area (Å²) in [7, 11) is 0. The zero-order chi connectivity index (χ0) is 13.9. The van der Waals surface area contributed by atoms with Crippen molar-refractivity contribution >= 4 is 34.4 Å². The predicted octanol–water partition coefficient (Wildman–Crippen LogP) is 2.33. The number of anilines is 1. The molecule has 98 valence electrons. The fourth-order valence-corrected chi connectivity index (χ4v) is 1.98. The second-order valence-corrected chi connectivity index (χ2v) is 4.33. The zero-order valence-corrected chi connectivity index (χ0v) is 10.9. The number of aromatic nitrogens is 4. The topological polar surface area (TPSA) is 80.7 Å². The largest absolute Gasteiger partial charge is 0.288 e. The lowest BCUT2D eigenvalue weighted by Gasteiger charge is -2.05. The van der Waals surface area contributed by atoms with Crippen LogP contribution in [0.2, 0.25) is 5.02 Å². The van der Waals surface area contributed by atoms with Crippen LogP contribution >= 0.6 is 11.6 Å². The Kier molecular flexibility index (Phi) is 3.22. The molecule has 3 aromatic rings. The molecule has 20 heavy (non-hydrogen) atoms. The number of para-hydroxylation sites is 1. The number of halogens is 1. The van der Waals surface area contributed by atoms with E-state index in [4.69, 9.17) is 11.6 Å². The third-order valence-corrected chi connectivity index (χ3v) is 2.92. The van der Waals surface area contributed by atoms with Crippen molar-refractivity contribution in [1.82, 2.24) is 20.2 Å². The van der Waals surface area contributed by atoms with Gasteiger partial charge in [-0.05, 0) is 12.1 Å². The molecular weight excluding hydrogens is 278 g/mol. The first-order chi connectivity index (χ1) is 9.74. The van der Waals surface area contributed by atoms with Gasteiger partial charge in [0.1, 0.15) is 5.69 Å². The summed E-state index contributed by atoms with van der Waals surface area (Å²) in [6.45, 7) is 0. The third kappa shape index (κ3) is 2.41. The Morgan fingerprint density at radius 1 is 1.20 bits per heavy atom. The van der Waals surface area contributed by atoms with Gasteiger partial charge >= 0.3 is 0 Å². The number of hydrogen-bond acceptors (Lipinski definition) is 5. The first kappa shape index (κ1) is 12.4. The summed E-state index contributed by atoms with van der Waals surface area (Å²) in [6, 6.07) is 8.83. The molecule has 0 spiro atoms. The van der Waals surface area contributed by atoms with Crippen LogP contribution in [0, 0.1) is 0 Å². The number of nitrogens with one attached hydrogen (secondary N) is 1. The fraction of sp³-hybridized carbons (Fsp3) is 0. The number of nitrogens with zero attached hydrogens (tertiary/aromatic N) is 4. The fourth-order valence-electron chi connectivity index (χ4n) is 1.72. The summed E-state index contributed by atoms with van der Waals surface area (Å²) in [4.78, 5) is 20.2. The Morgan fingerprint density at radius 2 is 2.05 bits per heavy atom. The molecule has 0 radical (unpaired) electrons. The molecule has 3 rings (SSSR count). The van der Waals surface area contributed by atoms with Gasteiger partial charge in [-0.2, -0.15) is 5.10 Å². The van der Waals surface area contributed by atoms with Crippen LogP contribution in [0.15, 0.2) is 42.7 Å². The Hall–Kier alpha value is -2.60. The molecule has 6 nitrogen and oxygen atoms in total. The van der Waals surface area contributed by atoms with E-state index in [0.29, 0.717) is 10.5 Å². The summed E-state index contributed by atoms with van der Waals surface area (Å²) in [5.74, 6) is -0.325. The first-order valence-electron chi connectivity index (χ1n) is 5.74. The van der Waals surface area contributed by atoms with E-state index < -0.39 is 5.91 Å². The van der Waals surface area contributed by atoms with E-state index in [0.717, 1.165) is 5.39 Å². The number of pyridine rings is 1. The van der Waals surface area contributed by atoms with E-state index in [1.165, 1.54) is 18.5 Å². The van der Waals surface area contributed by atoms with Gasteiger partial charge in [-0.15, -0.1) is 5.10 Å². The third-order valence-electron chi connectivity index (χ3n) is 2.61. The molecule has 1 N–H and O–H groups in total. The number of carbonyl (C=O) groups is 1. The quantitative estimate of drug-likeness (QED) is 0.781. The molecule has 0 aliphatic heterocycles. The highest BCUT2D eigenvalue weighted by atomic mass is 35.5. The van der Waals surface area contributed by atoms with Gasteiger partial charge in [0, 0.05) is 5.39 Å². The SMILES string of the molecule is O=C(Nc1nccnn1)c1cc(Cl)c2ccccc2n1. The normalized spacial score (nSPS) is 10.4. The average Bonchev–Trinajstić information content (AvgIpc) is 2.48. The van der Waals surface area contributed by atoms with Gasteiger partial charge < -0.3 is 0 Å². The minimum absolute atomic E-state index is 0.114. The summed E-state index contributed by atoms with van der Waals surface area (Å²) >= 11 is 6.15. The molecule has 7 heteroatoms. The summed E-state index contributed by atoms with van der Waals surface area (Å²) < 4.78 is 0. The van der Waals surface area contributed by atoms with Gasteiger partial charge in [0.15, 0.2) is 0 Å². The van der Waals surface area contributed by atoms with Crippen molar-refractivity contribution in [2.45, 2.75) is 0 Å². The summed E-state index contributed by atoms with van der Waals surface area (Å²) in [6.07, 6.45) is 2.85. The van der Waals surface area contributed by atoms with Crippen LogP contribution in [0.4, 0.5) is 5.95 Å². The molecule has 0 bridgehead atoms. The lowest BCUT2D eigenvalue weighted by molar-refractivity contribution is 0.102. The van der Waals surface area contributed by atoms with Crippen LogP contribution in [0.25, 0.3) is 10.9 Å². The second kappa shape index (κ2) is 5.18. The molecule has 0 saturated heterocycles. The van der Waals surface area contributed by atoms with E-state index >= 15 is 0 Å². The Morgan fingerprint density at radius 3 is 2.85 bits per heavy atom. The Balaban J connectivity index is 1.96. The number of hydrogen-bond donors (Lipinski definition) is 1. The number of carbonyl (C=O) groups excluding carboxylic acids is 1. The maximum absolute atomic E-state index is 12.1. The maximum Gasteiger partial charge on any atom is 0.276 e. The first-order valence-corrected chi connectivity index (χ1v) is 6.12. The summed E-state index contributed by atoms with van der Waals surface area (Å²) in [5, 5.41) is 11.1. The van der Waals surface area contributed by atoms with Crippen molar-refractivity contribution < 1.29 is 4.79 Å². The van der Waals surface area contributed by atoms with Crippen LogP contribution in [0.5, 0.6) is 0 Å². The van der Waals surface area contributed by atoms with E-state index in [1.807, 2.05) is 18.2 Å². The second-order valence-electron chi connectivity index (χ2n) is 3.93. The molecule has 1 aromatic carbocycles. The molecule has 0 unspecified atom stereocenters. The van der Waals surface area contributed by atoms with E-state index in [-0.39, 0.29) is 11.6 Å². The standard InChI is InChI=1S/C13H8ClN5O/c14-9-7-11(17-10-4-2-1-3-8(9)10)12(20)18-13-15-5-6-16-19-13/h1-7H,(H,15,18,19,20). The Labute approximate surface area is 118 Å². The van der Waals surface area contributed by atoms with E-state index in [9.17, 15) is 4.79 Å². The molecule has 1 amide bonds. The number of benzene rings is 1. The van der Waals surface area contributed by atoms with Crippen molar-refractivity contribution in [2.75, 3.05) is 5.32 Å². The van der Waals surface area contributed by atoms with Crippen molar-refractivity contribution in [1.29, 1.82) is 0 Å². The van der Waals surface area contributed by atoms with Gasteiger partial charge in [0.25, 0.3) is 5.91 Å². The number of amides is 1. The van der Waals surface area contributed by atoms with Crippen LogP contribution in [-0.4, -0.2) is 26.1 Å². The highest BCUT2D eigenvalue weighted by molar-refractivity contribution is 6.35. The lowest BCUT2D eigenvalue weighted by atomic mass is 10.2. The molecule has 0 fully saturated rings. The van der Waals surface area contributed by atoms with Crippen molar-refractivity contribution in [2.24, 2.45) is 0 Å². The molecule has 0 saturated carbocycles. The zero-order valence-electron chi connectivity index (χ0n) is 10.1. The average molecular weight is 286 g/mol. The summed E-state index contributed by atoms with van der Waals surface area (Å²) in [5.41, 5.74) is 0.846. The molecule has 0 aliphatic carbocycles. The van der Waals surface area contributed by atoms with Gasteiger partial charge in [-0.1, -0.05) is 29.8 Å². The van der Waals surface area contributed by atoms with Gasteiger partial charge in [-0.3, -0.25) is 10.1 Å². The van der Waals surface area contributed by atoms with Gasteiger partial charge in [0.2, 0.25) is 5.95 Å². The van der Waals surface area contributed by atoms with Gasteiger partial charge in [-0.25, -0.2) is 9.97 Å². The minimum atomic E-state index is -0.439. The van der Waals surface area contributed by atoms with E-state index in [1.54, 1.807) is 6.07 Å². The van der Waals surface area contributed by atoms with Crippen molar-refractivity contribution in [3.05, 3.63) is 53.4 Å². The molecular formula is C13H8ClN5O. The van der Waals surface area contributed by atoms with Crippen LogP contribution in [-0.2, 0) is 0 Å². The smallest absolute Gasteiger partial charge is 0.276 e. The van der Waals surface area contributed by atoms with Crippen LogP contribution < -0.4 is 5.32 Å². The molecule has 0 aliphatic rings. The van der Waals surface area contributed by atoms with Crippen LogP contribution in [0.1, 0.15) is 10.5 Å². The predicted molar refractivity (Wildman–Crippen MR) is 74.5 cm³/mol. The highest BCUT2D eigenvalue weighted by Gasteiger charge is 2.12. The van der Waals surface area contributed by atoms with E-state index in [2.05, 4.69) is 25.5 Å². The molecule has 0 atom stereocenters. The van der Waals surface area contributed by atoms with Crippen molar-refractivity contribution in [3.63, 3.8) is 0 Å². The Bertz CT molecular complexity index is 778. The molecule has 2 heterocycles. The lowest BCUT2D eigenvalue weighted by Crippen LogP contribution is -2.16. The minimum Gasteiger partial charge on any atom is -0.288 e. The number of fused-ring (bicyclic) bond motifs is 1. The number of rotatable bonds is 2.